The number of para-hydroxylation sites is 2. The van der Waals surface area contributed by atoms with Crippen LogP contribution in [0.2, 0.25) is 0 Å². The van der Waals surface area contributed by atoms with Gasteiger partial charge in [-0.25, -0.2) is 9.78 Å². The number of carboxylic acids is 1. The fourth-order valence-electron chi connectivity index (χ4n) is 2.65. The van der Waals surface area contributed by atoms with Gasteiger partial charge in [-0.05, 0) is 31.3 Å². The highest BCUT2D eigenvalue weighted by Gasteiger charge is 2.14. The average molecular weight is 310 g/mol. The van der Waals surface area contributed by atoms with Gasteiger partial charge in [0.05, 0.1) is 28.8 Å². The SMILES string of the molecule is CN(Cc1ncccc1C(=O)O)Cc1nc2ccccc2n1C. The van der Waals surface area contributed by atoms with Gasteiger partial charge in [0.15, 0.2) is 0 Å². The van der Waals surface area contributed by atoms with Gasteiger partial charge >= 0.3 is 5.97 Å². The number of imidazole rings is 1. The highest BCUT2D eigenvalue weighted by molar-refractivity contribution is 5.88. The number of aromatic carboxylic acids is 1. The molecule has 3 rings (SSSR count). The van der Waals surface area contributed by atoms with E-state index >= 15 is 0 Å². The van der Waals surface area contributed by atoms with E-state index in [4.69, 9.17) is 0 Å². The number of carbonyl (C=O) groups is 1. The van der Waals surface area contributed by atoms with Crippen LogP contribution in [0.3, 0.4) is 0 Å². The zero-order valence-corrected chi connectivity index (χ0v) is 13.1. The van der Waals surface area contributed by atoms with Crippen molar-refractivity contribution < 1.29 is 9.90 Å². The fourth-order valence-corrected chi connectivity index (χ4v) is 2.65. The number of hydrogen-bond acceptors (Lipinski definition) is 4. The van der Waals surface area contributed by atoms with Crippen LogP contribution in [-0.2, 0) is 20.1 Å². The Hall–Kier alpha value is -2.73. The van der Waals surface area contributed by atoms with E-state index in [1.165, 1.54) is 0 Å². The predicted molar refractivity (Wildman–Crippen MR) is 87.1 cm³/mol. The average Bonchev–Trinajstić information content (AvgIpc) is 2.84. The molecule has 0 spiro atoms. The summed E-state index contributed by atoms with van der Waals surface area (Å²) in [5, 5.41) is 9.23. The van der Waals surface area contributed by atoms with Crippen LogP contribution < -0.4 is 0 Å². The lowest BCUT2D eigenvalue weighted by Crippen LogP contribution is -2.21. The highest BCUT2D eigenvalue weighted by atomic mass is 16.4. The number of nitrogens with zero attached hydrogens (tertiary/aromatic N) is 4. The van der Waals surface area contributed by atoms with Gasteiger partial charge in [0.1, 0.15) is 5.82 Å². The normalized spacial score (nSPS) is 11.3. The van der Waals surface area contributed by atoms with E-state index in [1.54, 1.807) is 18.3 Å². The lowest BCUT2D eigenvalue weighted by molar-refractivity contribution is 0.0694. The van der Waals surface area contributed by atoms with Crippen LogP contribution in [0.4, 0.5) is 0 Å². The van der Waals surface area contributed by atoms with Crippen LogP contribution in [0.25, 0.3) is 11.0 Å². The van der Waals surface area contributed by atoms with Crippen molar-refractivity contribution in [1.82, 2.24) is 19.4 Å². The van der Waals surface area contributed by atoms with E-state index in [0.29, 0.717) is 18.8 Å². The molecule has 1 N–H and O–H groups in total. The summed E-state index contributed by atoms with van der Waals surface area (Å²) in [7, 11) is 3.92. The summed E-state index contributed by atoms with van der Waals surface area (Å²) in [5.41, 5.74) is 2.84. The van der Waals surface area contributed by atoms with Crippen LogP contribution in [0, 0.1) is 0 Å². The molecule has 6 nitrogen and oxygen atoms in total. The van der Waals surface area contributed by atoms with Gasteiger partial charge in [0.25, 0.3) is 0 Å². The molecule has 0 aliphatic rings. The number of benzene rings is 1. The van der Waals surface area contributed by atoms with Crippen LogP contribution in [0.5, 0.6) is 0 Å². The number of aromatic nitrogens is 3. The fraction of sp³-hybridized carbons (Fsp3) is 0.235. The molecule has 0 saturated heterocycles. The van der Waals surface area contributed by atoms with Crippen LogP contribution >= 0.6 is 0 Å². The second kappa shape index (κ2) is 6.18. The van der Waals surface area contributed by atoms with Crippen molar-refractivity contribution in [1.29, 1.82) is 0 Å². The third kappa shape index (κ3) is 3.07. The predicted octanol–water partition coefficient (Wildman–Crippen LogP) is 2.30. The van der Waals surface area contributed by atoms with Crippen molar-refractivity contribution in [2.75, 3.05) is 7.05 Å². The van der Waals surface area contributed by atoms with Crippen molar-refractivity contribution in [2.45, 2.75) is 13.1 Å². The van der Waals surface area contributed by atoms with Crippen molar-refractivity contribution in [2.24, 2.45) is 7.05 Å². The number of aryl methyl sites for hydroxylation is 1. The van der Waals surface area contributed by atoms with Crippen LogP contribution in [-0.4, -0.2) is 37.6 Å². The lowest BCUT2D eigenvalue weighted by atomic mass is 10.2. The molecule has 0 aliphatic heterocycles. The summed E-state index contributed by atoms with van der Waals surface area (Å²) >= 11 is 0. The molecular formula is C17H18N4O2. The van der Waals surface area contributed by atoms with E-state index in [0.717, 1.165) is 16.9 Å². The van der Waals surface area contributed by atoms with E-state index in [1.807, 2.05) is 43.3 Å². The van der Waals surface area contributed by atoms with Gasteiger partial charge in [-0.3, -0.25) is 9.88 Å². The topological polar surface area (TPSA) is 71.2 Å². The van der Waals surface area contributed by atoms with Crippen LogP contribution in [0.1, 0.15) is 21.9 Å². The number of carboxylic acid groups (broad SMARTS) is 1. The maximum Gasteiger partial charge on any atom is 0.337 e. The van der Waals surface area contributed by atoms with Crippen molar-refractivity contribution >= 4 is 17.0 Å². The Morgan fingerprint density at radius 1 is 1.22 bits per heavy atom. The molecule has 0 unspecified atom stereocenters. The third-order valence-corrected chi connectivity index (χ3v) is 3.83. The van der Waals surface area contributed by atoms with E-state index in [9.17, 15) is 9.90 Å². The largest absolute Gasteiger partial charge is 0.478 e. The summed E-state index contributed by atoms with van der Waals surface area (Å²) < 4.78 is 2.06. The van der Waals surface area contributed by atoms with Crippen molar-refractivity contribution in [3.8, 4) is 0 Å². The van der Waals surface area contributed by atoms with Gasteiger partial charge in [-0.15, -0.1) is 0 Å². The second-order valence-electron chi connectivity index (χ2n) is 5.55. The Labute approximate surface area is 134 Å². The Bertz CT molecular complexity index is 857. The minimum Gasteiger partial charge on any atom is -0.478 e. The summed E-state index contributed by atoms with van der Waals surface area (Å²) in [6, 6.07) is 11.2. The summed E-state index contributed by atoms with van der Waals surface area (Å²) in [4.78, 5) is 22.1. The molecule has 1 aromatic carbocycles. The number of pyridine rings is 1. The standard InChI is InChI=1S/C17H18N4O2/c1-20(10-14-12(17(22)23)6-5-9-18-14)11-16-19-13-7-3-4-8-15(13)21(16)2/h3-9H,10-11H2,1-2H3,(H,22,23). The number of fused-ring (bicyclic) bond motifs is 1. The quantitative estimate of drug-likeness (QED) is 0.783. The molecule has 23 heavy (non-hydrogen) atoms. The van der Waals surface area contributed by atoms with E-state index in [2.05, 4.69) is 14.5 Å². The number of hydrogen-bond donors (Lipinski definition) is 1. The van der Waals surface area contributed by atoms with E-state index < -0.39 is 5.97 Å². The maximum atomic E-state index is 11.3. The molecule has 0 fully saturated rings. The minimum atomic E-state index is -0.954. The van der Waals surface area contributed by atoms with Gasteiger partial charge in [0, 0.05) is 19.8 Å². The molecule has 0 aliphatic carbocycles. The smallest absolute Gasteiger partial charge is 0.337 e. The summed E-state index contributed by atoms with van der Waals surface area (Å²) in [6.45, 7) is 1.06. The molecular weight excluding hydrogens is 292 g/mol. The van der Waals surface area contributed by atoms with Gasteiger partial charge in [0.2, 0.25) is 0 Å². The monoisotopic (exact) mass is 310 g/mol. The first-order valence-electron chi connectivity index (χ1n) is 7.32. The molecule has 2 heterocycles. The molecule has 0 radical (unpaired) electrons. The maximum absolute atomic E-state index is 11.3. The molecule has 2 aromatic heterocycles. The van der Waals surface area contributed by atoms with Crippen molar-refractivity contribution in [3.05, 3.63) is 59.7 Å². The van der Waals surface area contributed by atoms with Gasteiger partial charge in [-0.1, -0.05) is 12.1 Å². The Balaban J connectivity index is 1.80. The molecule has 118 valence electrons. The lowest BCUT2D eigenvalue weighted by Gasteiger charge is -2.16. The zero-order valence-electron chi connectivity index (χ0n) is 13.1. The van der Waals surface area contributed by atoms with Gasteiger partial charge < -0.3 is 9.67 Å². The molecule has 6 heteroatoms. The van der Waals surface area contributed by atoms with Crippen LogP contribution in [0.15, 0.2) is 42.6 Å². The molecule has 0 amide bonds. The second-order valence-corrected chi connectivity index (χ2v) is 5.55. The Kier molecular flexibility index (Phi) is 4.08. The molecule has 0 bridgehead atoms. The summed E-state index contributed by atoms with van der Waals surface area (Å²) in [6.07, 6.45) is 1.62. The first-order valence-corrected chi connectivity index (χ1v) is 7.32. The molecule has 3 aromatic rings. The Morgan fingerprint density at radius 3 is 2.74 bits per heavy atom. The minimum absolute atomic E-state index is 0.240. The first-order chi connectivity index (χ1) is 11.1. The third-order valence-electron chi connectivity index (χ3n) is 3.83. The van der Waals surface area contributed by atoms with Gasteiger partial charge in [-0.2, -0.15) is 0 Å². The molecule has 0 atom stereocenters. The molecule has 0 saturated carbocycles. The van der Waals surface area contributed by atoms with Crippen molar-refractivity contribution in [3.63, 3.8) is 0 Å². The van der Waals surface area contributed by atoms with E-state index in [-0.39, 0.29) is 5.56 Å². The first kappa shape index (κ1) is 15.2. The summed E-state index contributed by atoms with van der Waals surface area (Å²) in [5.74, 6) is -0.0225. The Morgan fingerprint density at radius 2 is 2.00 bits per heavy atom. The highest BCUT2D eigenvalue weighted by Crippen LogP contribution is 2.16. The zero-order chi connectivity index (χ0) is 16.4. The number of rotatable bonds is 5.